The number of hydrogen-bond acceptors (Lipinski definition) is 1. The van der Waals surface area contributed by atoms with Crippen molar-refractivity contribution in [1.29, 1.82) is 0 Å². The summed E-state index contributed by atoms with van der Waals surface area (Å²) in [6.45, 7) is 0. The first-order chi connectivity index (χ1) is 9.22. The predicted octanol–water partition coefficient (Wildman–Crippen LogP) is 5.07. The van der Waals surface area contributed by atoms with Crippen LogP contribution < -0.4 is 5.32 Å². The Hall–Kier alpha value is -0.990. The van der Waals surface area contributed by atoms with Gasteiger partial charge in [-0.2, -0.15) is 0 Å². The molecule has 0 radical (unpaired) electrons. The van der Waals surface area contributed by atoms with Gasteiger partial charge in [-0.15, -0.1) is 0 Å². The lowest BCUT2D eigenvalue weighted by atomic mass is 9.88. The van der Waals surface area contributed by atoms with E-state index in [4.69, 9.17) is 11.6 Å². The van der Waals surface area contributed by atoms with E-state index in [9.17, 15) is 0 Å². The number of nitrogens with one attached hydrogen (secondary N) is 1. The highest BCUT2D eigenvalue weighted by Crippen LogP contribution is 2.28. The molecule has 0 amide bonds. The summed E-state index contributed by atoms with van der Waals surface area (Å²) in [5.41, 5.74) is 3.94. The van der Waals surface area contributed by atoms with Crippen LogP contribution in [0.2, 0.25) is 5.02 Å². The van der Waals surface area contributed by atoms with Crippen molar-refractivity contribution in [3.8, 4) is 0 Å². The number of fused-ring (bicyclic) bond motifs is 1. The Morgan fingerprint density at radius 2 is 1.95 bits per heavy atom. The third kappa shape index (κ3) is 2.96. The van der Waals surface area contributed by atoms with Crippen LogP contribution in [-0.4, -0.2) is 6.04 Å². The zero-order chi connectivity index (χ0) is 13.2. The highest BCUT2D eigenvalue weighted by Gasteiger charge is 2.19. The molecule has 1 nitrogen and oxygen atoms in total. The average molecular weight is 337 g/mol. The van der Waals surface area contributed by atoms with Crippen LogP contribution in [0.15, 0.2) is 46.9 Å². The minimum absolute atomic E-state index is 0.466. The normalized spacial score (nSPS) is 17.9. The standard InChI is InChI=1S/C16H15BrClN/c17-13-7-5-12-10-14(8-6-11(12)9-13)19-16-4-2-1-3-15(16)18/h1-5,7,9,14,19H,6,8,10H2. The molecule has 3 heteroatoms. The van der Waals surface area contributed by atoms with E-state index >= 15 is 0 Å². The van der Waals surface area contributed by atoms with Crippen molar-refractivity contribution in [2.75, 3.05) is 5.32 Å². The summed E-state index contributed by atoms with van der Waals surface area (Å²) in [5.74, 6) is 0. The van der Waals surface area contributed by atoms with Crippen LogP contribution in [-0.2, 0) is 12.8 Å². The molecule has 1 atom stereocenters. The molecule has 3 rings (SSSR count). The second kappa shape index (κ2) is 5.56. The first-order valence-corrected chi connectivity index (χ1v) is 7.68. The van der Waals surface area contributed by atoms with E-state index in [1.54, 1.807) is 0 Å². The Balaban J connectivity index is 1.76. The van der Waals surface area contributed by atoms with Gasteiger partial charge in [-0.3, -0.25) is 0 Å². The number of rotatable bonds is 2. The number of para-hydroxylation sites is 1. The van der Waals surface area contributed by atoms with Crippen molar-refractivity contribution in [3.63, 3.8) is 0 Å². The van der Waals surface area contributed by atoms with E-state index in [2.05, 4.69) is 39.4 Å². The molecule has 0 saturated heterocycles. The van der Waals surface area contributed by atoms with Gasteiger partial charge in [0.2, 0.25) is 0 Å². The second-order valence-corrected chi connectivity index (χ2v) is 6.30. The van der Waals surface area contributed by atoms with Crippen molar-refractivity contribution in [2.24, 2.45) is 0 Å². The number of benzene rings is 2. The van der Waals surface area contributed by atoms with E-state index in [0.29, 0.717) is 6.04 Å². The van der Waals surface area contributed by atoms with Crippen LogP contribution in [0.1, 0.15) is 17.5 Å². The molecule has 1 N–H and O–H groups in total. The van der Waals surface area contributed by atoms with Crippen molar-refractivity contribution < 1.29 is 0 Å². The molecule has 19 heavy (non-hydrogen) atoms. The lowest BCUT2D eigenvalue weighted by Gasteiger charge is -2.27. The number of hydrogen-bond donors (Lipinski definition) is 1. The molecule has 0 aromatic heterocycles. The summed E-state index contributed by atoms with van der Waals surface area (Å²) in [6, 6.07) is 15.0. The molecular weight excluding hydrogens is 322 g/mol. The highest BCUT2D eigenvalue weighted by atomic mass is 79.9. The molecule has 2 aromatic rings. The van der Waals surface area contributed by atoms with Gasteiger partial charge in [-0.05, 0) is 54.7 Å². The SMILES string of the molecule is Clc1ccccc1NC1CCc2cc(Br)ccc2C1. The zero-order valence-corrected chi connectivity index (χ0v) is 12.8. The first kappa shape index (κ1) is 13.0. The molecule has 0 saturated carbocycles. The number of aryl methyl sites for hydroxylation is 1. The fraction of sp³-hybridized carbons (Fsp3) is 0.250. The van der Waals surface area contributed by atoms with Crippen molar-refractivity contribution in [2.45, 2.75) is 25.3 Å². The van der Waals surface area contributed by atoms with Gasteiger partial charge >= 0.3 is 0 Å². The fourth-order valence-corrected chi connectivity index (χ4v) is 3.24. The summed E-state index contributed by atoms with van der Waals surface area (Å²) in [7, 11) is 0. The predicted molar refractivity (Wildman–Crippen MR) is 85.0 cm³/mol. The quantitative estimate of drug-likeness (QED) is 0.807. The molecule has 2 aromatic carbocycles. The summed E-state index contributed by atoms with van der Waals surface area (Å²) >= 11 is 9.73. The van der Waals surface area contributed by atoms with Gasteiger partial charge in [0, 0.05) is 10.5 Å². The number of halogens is 2. The fourth-order valence-electron chi connectivity index (χ4n) is 2.64. The van der Waals surface area contributed by atoms with Crippen molar-refractivity contribution >= 4 is 33.2 Å². The van der Waals surface area contributed by atoms with Crippen LogP contribution in [0.5, 0.6) is 0 Å². The van der Waals surface area contributed by atoms with Crippen molar-refractivity contribution in [3.05, 3.63) is 63.1 Å². The second-order valence-electron chi connectivity index (χ2n) is 4.98. The third-order valence-electron chi connectivity index (χ3n) is 3.63. The smallest absolute Gasteiger partial charge is 0.0637 e. The molecule has 0 fully saturated rings. The van der Waals surface area contributed by atoms with E-state index in [0.717, 1.165) is 30.0 Å². The van der Waals surface area contributed by atoms with Gasteiger partial charge in [-0.25, -0.2) is 0 Å². The Morgan fingerprint density at radius 1 is 1.11 bits per heavy atom. The van der Waals surface area contributed by atoms with E-state index in [-0.39, 0.29) is 0 Å². The molecule has 0 aliphatic heterocycles. The van der Waals surface area contributed by atoms with Gasteiger partial charge in [-0.1, -0.05) is 45.7 Å². The number of anilines is 1. The van der Waals surface area contributed by atoms with Gasteiger partial charge in [0.1, 0.15) is 0 Å². The molecule has 0 spiro atoms. The van der Waals surface area contributed by atoms with Crippen LogP contribution in [0.25, 0.3) is 0 Å². The maximum Gasteiger partial charge on any atom is 0.0637 e. The molecule has 1 unspecified atom stereocenters. The summed E-state index contributed by atoms with van der Waals surface area (Å²) in [6.07, 6.45) is 3.33. The first-order valence-electron chi connectivity index (χ1n) is 6.51. The Morgan fingerprint density at radius 3 is 2.79 bits per heavy atom. The molecule has 0 bridgehead atoms. The molecule has 1 aliphatic rings. The molecule has 0 heterocycles. The summed E-state index contributed by atoms with van der Waals surface area (Å²) in [4.78, 5) is 0. The zero-order valence-electron chi connectivity index (χ0n) is 10.5. The third-order valence-corrected chi connectivity index (χ3v) is 4.45. The van der Waals surface area contributed by atoms with Gasteiger partial charge in [0.05, 0.1) is 10.7 Å². The van der Waals surface area contributed by atoms with Crippen LogP contribution in [0, 0.1) is 0 Å². The van der Waals surface area contributed by atoms with E-state index < -0.39 is 0 Å². The van der Waals surface area contributed by atoms with Crippen LogP contribution >= 0.6 is 27.5 Å². The minimum Gasteiger partial charge on any atom is -0.381 e. The van der Waals surface area contributed by atoms with Gasteiger partial charge in [0.15, 0.2) is 0 Å². The molecule has 98 valence electrons. The minimum atomic E-state index is 0.466. The Labute approximate surface area is 127 Å². The molecular formula is C16H15BrClN. The largest absolute Gasteiger partial charge is 0.381 e. The van der Waals surface area contributed by atoms with Crippen LogP contribution in [0.3, 0.4) is 0 Å². The van der Waals surface area contributed by atoms with Crippen LogP contribution in [0.4, 0.5) is 5.69 Å². The van der Waals surface area contributed by atoms with E-state index in [1.807, 2.05) is 24.3 Å². The topological polar surface area (TPSA) is 12.0 Å². The Bertz CT molecular complexity index is 597. The maximum atomic E-state index is 6.20. The maximum absolute atomic E-state index is 6.20. The van der Waals surface area contributed by atoms with Gasteiger partial charge < -0.3 is 5.32 Å². The lowest BCUT2D eigenvalue weighted by molar-refractivity contribution is 0.610. The molecule has 1 aliphatic carbocycles. The highest BCUT2D eigenvalue weighted by molar-refractivity contribution is 9.10. The monoisotopic (exact) mass is 335 g/mol. The summed E-state index contributed by atoms with van der Waals surface area (Å²) in [5, 5.41) is 4.36. The van der Waals surface area contributed by atoms with Crippen molar-refractivity contribution in [1.82, 2.24) is 0 Å². The summed E-state index contributed by atoms with van der Waals surface area (Å²) < 4.78 is 1.17. The average Bonchev–Trinajstić information content (AvgIpc) is 2.41. The van der Waals surface area contributed by atoms with Gasteiger partial charge in [0.25, 0.3) is 0 Å². The van der Waals surface area contributed by atoms with E-state index in [1.165, 1.54) is 15.6 Å². The lowest BCUT2D eigenvalue weighted by Crippen LogP contribution is -2.27. The Kier molecular flexibility index (Phi) is 3.81.